The topological polar surface area (TPSA) is 67.3 Å². The molecule has 1 N–H and O–H groups in total. The van der Waals surface area contributed by atoms with Crippen molar-refractivity contribution in [3.8, 4) is 5.75 Å². The first-order chi connectivity index (χ1) is 14.0. The molecule has 2 aromatic carbocycles. The molecule has 0 saturated carbocycles. The van der Waals surface area contributed by atoms with Gasteiger partial charge in [0.15, 0.2) is 4.34 Å². The van der Waals surface area contributed by atoms with Crippen molar-refractivity contribution in [2.24, 2.45) is 0 Å². The lowest BCUT2D eigenvalue weighted by Gasteiger charge is -2.18. The van der Waals surface area contributed by atoms with E-state index < -0.39 is 0 Å². The number of nitrogens with zero attached hydrogens (tertiary/aromatic N) is 3. The lowest BCUT2D eigenvalue weighted by molar-refractivity contribution is -0.127. The molecule has 0 atom stereocenters. The Kier molecular flexibility index (Phi) is 7.42. The summed E-state index contributed by atoms with van der Waals surface area (Å²) in [6, 6.07) is 13.9. The van der Waals surface area contributed by atoms with E-state index in [1.54, 1.807) is 31.2 Å². The van der Waals surface area contributed by atoms with Crippen molar-refractivity contribution >= 4 is 34.1 Å². The van der Waals surface area contributed by atoms with Gasteiger partial charge in [0.25, 0.3) is 0 Å². The van der Waals surface area contributed by atoms with E-state index in [4.69, 9.17) is 4.74 Å². The van der Waals surface area contributed by atoms with Crippen LogP contribution < -0.4 is 10.1 Å². The summed E-state index contributed by atoms with van der Waals surface area (Å²) >= 11 is 2.74. The molecule has 3 aromatic rings. The zero-order valence-corrected chi connectivity index (χ0v) is 17.7. The molecule has 0 aliphatic carbocycles. The van der Waals surface area contributed by atoms with Gasteiger partial charge in [-0.15, -0.1) is 10.2 Å². The molecule has 0 unspecified atom stereocenters. The van der Waals surface area contributed by atoms with Crippen LogP contribution >= 0.6 is 23.1 Å². The molecule has 0 aliphatic rings. The third kappa shape index (κ3) is 6.16. The van der Waals surface area contributed by atoms with Crippen LogP contribution in [0.15, 0.2) is 52.9 Å². The highest BCUT2D eigenvalue weighted by atomic mass is 32.2. The van der Waals surface area contributed by atoms with Crippen LogP contribution in [0, 0.1) is 5.82 Å². The molecule has 0 fully saturated rings. The number of para-hydroxylation sites is 1. The number of amides is 1. The minimum absolute atomic E-state index is 0.00284. The van der Waals surface area contributed by atoms with Gasteiger partial charge in [0, 0.05) is 25.7 Å². The van der Waals surface area contributed by atoms with Crippen LogP contribution in [0.3, 0.4) is 0 Å². The van der Waals surface area contributed by atoms with Gasteiger partial charge in [-0.05, 0) is 23.8 Å². The largest absolute Gasteiger partial charge is 0.496 e. The van der Waals surface area contributed by atoms with Crippen molar-refractivity contribution in [2.45, 2.75) is 17.4 Å². The number of benzene rings is 2. The van der Waals surface area contributed by atoms with E-state index in [9.17, 15) is 9.18 Å². The number of ether oxygens (including phenoxy) is 1. The summed E-state index contributed by atoms with van der Waals surface area (Å²) in [4.78, 5) is 14.1. The van der Waals surface area contributed by atoms with Crippen molar-refractivity contribution in [1.29, 1.82) is 0 Å². The van der Waals surface area contributed by atoms with E-state index in [1.165, 1.54) is 35.2 Å². The van der Waals surface area contributed by atoms with Gasteiger partial charge in [0.2, 0.25) is 11.0 Å². The van der Waals surface area contributed by atoms with Gasteiger partial charge >= 0.3 is 0 Å². The Hall–Kier alpha value is -2.65. The fourth-order valence-corrected chi connectivity index (χ4v) is 4.22. The monoisotopic (exact) mass is 432 g/mol. The van der Waals surface area contributed by atoms with Gasteiger partial charge in [-0.1, -0.05) is 53.4 Å². The molecule has 152 valence electrons. The van der Waals surface area contributed by atoms with E-state index in [0.717, 1.165) is 16.9 Å². The van der Waals surface area contributed by atoms with Gasteiger partial charge in [-0.2, -0.15) is 0 Å². The second kappa shape index (κ2) is 10.2. The fraction of sp³-hybridized carbons (Fsp3) is 0.250. The lowest BCUT2D eigenvalue weighted by atomic mass is 10.2. The van der Waals surface area contributed by atoms with E-state index in [0.29, 0.717) is 22.6 Å². The molecule has 0 spiro atoms. The van der Waals surface area contributed by atoms with Crippen molar-refractivity contribution in [3.05, 3.63) is 65.5 Å². The average molecular weight is 433 g/mol. The van der Waals surface area contributed by atoms with Crippen LogP contribution in [0.2, 0.25) is 0 Å². The maximum Gasteiger partial charge on any atom is 0.233 e. The highest BCUT2D eigenvalue weighted by Crippen LogP contribution is 2.26. The lowest BCUT2D eigenvalue weighted by Crippen LogP contribution is -2.27. The van der Waals surface area contributed by atoms with E-state index in [2.05, 4.69) is 15.5 Å². The molecule has 0 bridgehead atoms. The number of methoxy groups -OCH3 is 1. The quantitative estimate of drug-likeness (QED) is 0.515. The van der Waals surface area contributed by atoms with Crippen LogP contribution in [0.5, 0.6) is 5.75 Å². The summed E-state index contributed by atoms with van der Waals surface area (Å²) in [6.45, 7) is 1.00. The van der Waals surface area contributed by atoms with Gasteiger partial charge in [-0.25, -0.2) is 4.39 Å². The van der Waals surface area contributed by atoms with E-state index in [-0.39, 0.29) is 17.5 Å². The van der Waals surface area contributed by atoms with Crippen LogP contribution in [-0.2, 0) is 17.9 Å². The first-order valence-electron chi connectivity index (χ1n) is 8.85. The third-order valence-corrected chi connectivity index (χ3v) is 6.11. The van der Waals surface area contributed by atoms with Gasteiger partial charge in [0.05, 0.1) is 12.9 Å². The molecule has 3 rings (SSSR count). The van der Waals surface area contributed by atoms with Gasteiger partial charge < -0.3 is 15.0 Å². The Morgan fingerprint density at radius 2 is 1.97 bits per heavy atom. The maximum atomic E-state index is 12.9. The van der Waals surface area contributed by atoms with Crippen LogP contribution in [-0.4, -0.2) is 40.9 Å². The number of thioether (sulfide) groups is 1. The third-order valence-electron chi connectivity index (χ3n) is 4.11. The number of rotatable bonds is 9. The first kappa shape index (κ1) is 21.1. The number of hydrogen-bond acceptors (Lipinski definition) is 7. The Bertz CT molecular complexity index is 950. The van der Waals surface area contributed by atoms with Crippen LogP contribution in [0.1, 0.15) is 11.1 Å². The second-order valence-electron chi connectivity index (χ2n) is 6.20. The van der Waals surface area contributed by atoms with Crippen molar-refractivity contribution in [3.63, 3.8) is 0 Å². The molecule has 6 nitrogen and oxygen atoms in total. The molecule has 1 heterocycles. The minimum Gasteiger partial charge on any atom is -0.496 e. The number of carbonyl (C=O) groups is 1. The molecule has 1 amide bonds. The zero-order valence-electron chi connectivity index (χ0n) is 16.1. The van der Waals surface area contributed by atoms with Crippen molar-refractivity contribution in [2.75, 3.05) is 25.2 Å². The van der Waals surface area contributed by atoms with Crippen molar-refractivity contribution in [1.82, 2.24) is 15.1 Å². The normalized spacial score (nSPS) is 10.6. The summed E-state index contributed by atoms with van der Waals surface area (Å²) in [5.74, 6) is 0.777. The number of carbonyl (C=O) groups excluding carboxylic acids is 1. The molecular weight excluding hydrogens is 411 g/mol. The molecule has 0 saturated heterocycles. The number of nitrogens with one attached hydrogen (secondary N) is 1. The Labute approximate surface area is 177 Å². The SMILES string of the molecule is COc1ccccc1CN(C)C(=O)CSc1nnc(NCc2ccc(F)cc2)s1. The highest BCUT2D eigenvalue weighted by molar-refractivity contribution is 8.01. The highest BCUT2D eigenvalue weighted by Gasteiger charge is 2.14. The van der Waals surface area contributed by atoms with Gasteiger partial charge in [-0.3, -0.25) is 4.79 Å². The molecule has 1 aromatic heterocycles. The zero-order chi connectivity index (χ0) is 20.6. The second-order valence-corrected chi connectivity index (χ2v) is 8.40. The Morgan fingerprint density at radius 1 is 1.21 bits per heavy atom. The summed E-state index contributed by atoms with van der Waals surface area (Å²) in [6.07, 6.45) is 0. The van der Waals surface area contributed by atoms with E-state index in [1.807, 2.05) is 24.3 Å². The first-order valence-corrected chi connectivity index (χ1v) is 10.7. The van der Waals surface area contributed by atoms with Crippen molar-refractivity contribution < 1.29 is 13.9 Å². The Morgan fingerprint density at radius 3 is 2.72 bits per heavy atom. The van der Waals surface area contributed by atoms with Crippen LogP contribution in [0.25, 0.3) is 0 Å². The predicted octanol–water partition coefficient (Wildman–Crippen LogP) is 4.05. The molecule has 9 heteroatoms. The maximum absolute atomic E-state index is 12.9. The van der Waals surface area contributed by atoms with E-state index >= 15 is 0 Å². The summed E-state index contributed by atoms with van der Waals surface area (Å²) in [5, 5.41) is 12.0. The summed E-state index contributed by atoms with van der Waals surface area (Å²) in [5.41, 5.74) is 1.91. The number of aromatic nitrogens is 2. The molecule has 29 heavy (non-hydrogen) atoms. The predicted molar refractivity (Wildman–Crippen MR) is 114 cm³/mol. The molecule has 0 aliphatic heterocycles. The van der Waals surface area contributed by atoms with Gasteiger partial charge in [0.1, 0.15) is 11.6 Å². The summed E-state index contributed by atoms with van der Waals surface area (Å²) < 4.78 is 19.0. The summed E-state index contributed by atoms with van der Waals surface area (Å²) in [7, 11) is 3.39. The average Bonchev–Trinajstić information content (AvgIpc) is 3.20. The minimum atomic E-state index is -0.260. The van der Waals surface area contributed by atoms with Crippen LogP contribution in [0.4, 0.5) is 9.52 Å². The molecular formula is C20H21FN4O2S2. The number of anilines is 1. The smallest absolute Gasteiger partial charge is 0.233 e. The Balaban J connectivity index is 1.47. The standard InChI is InChI=1S/C20H21FN4O2S2/c1-25(12-15-5-3-4-6-17(15)27-2)18(26)13-28-20-24-23-19(29-20)22-11-14-7-9-16(21)10-8-14/h3-10H,11-13H2,1-2H3,(H,22,23). The molecule has 0 radical (unpaired) electrons. The number of halogens is 1. The fourth-order valence-electron chi connectivity index (χ4n) is 2.53. The number of hydrogen-bond donors (Lipinski definition) is 1.